The van der Waals surface area contributed by atoms with Gasteiger partial charge >= 0.3 is 5.97 Å². The molecule has 1 fully saturated rings. The van der Waals surface area contributed by atoms with E-state index >= 15 is 0 Å². The standard InChI is InChI=1S/C11H18N4O3/c1-13-2-4-14(5-3-13)6-7-15-10(11(17)18)9(16)8-12-15/h8,16H,2-7H2,1H3,(H,17,18). The van der Waals surface area contributed by atoms with Crippen LogP contribution in [-0.2, 0) is 6.54 Å². The molecule has 1 aliphatic rings. The van der Waals surface area contributed by atoms with Gasteiger partial charge < -0.3 is 15.1 Å². The molecule has 0 unspecified atom stereocenters. The lowest BCUT2D eigenvalue weighted by atomic mass is 10.3. The van der Waals surface area contributed by atoms with E-state index < -0.39 is 5.97 Å². The third kappa shape index (κ3) is 2.80. The van der Waals surface area contributed by atoms with Gasteiger partial charge in [0, 0.05) is 32.7 Å². The van der Waals surface area contributed by atoms with Crippen molar-refractivity contribution in [3.63, 3.8) is 0 Å². The van der Waals surface area contributed by atoms with Gasteiger partial charge in [-0.1, -0.05) is 0 Å². The van der Waals surface area contributed by atoms with Gasteiger partial charge in [0.1, 0.15) is 0 Å². The Kier molecular flexibility index (Phi) is 3.83. The summed E-state index contributed by atoms with van der Waals surface area (Å²) in [5.41, 5.74) is -0.135. The average molecular weight is 254 g/mol. The van der Waals surface area contributed by atoms with Gasteiger partial charge in [-0.25, -0.2) is 4.79 Å². The summed E-state index contributed by atoms with van der Waals surface area (Å²) in [6, 6.07) is 0. The summed E-state index contributed by atoms with van der Waals surface area (Å²) in [5, 5.41) is 22.2. The van der Waals surface area contributed by atoms with E-state index in [2.05, 4.69) is 21.9 Å². The van der Waals surface area contributed by atoms with Crippen molar-refractivity contribution in [2.45, 2.75) is 6.54 Å². The highest BCUT2D eigenvalue weighted by molar-refractivity contribution is 5.88. The Morgan fingerprint density at radius 2 is 2.00 bits per heavy atom. The number of aromatic carboxylic acids is 1. The molecule has 0 bridgehead atoms. The molecule has 0 amide bonds. The van der Waals surface area contributed by atoms with Gasteiger partial charge in [0.05, 0.1) is 12.7 Å². The molecule has 7 nitrogen and oxygen atoms in total. The van der Waals surface area contributed by atoms with Crippen molar-refractivity contribution < 1.29 is 15.0 Å². The highest BCUT2D eigenvalue weighted by Crippen LogP contribution is 2.15. The molecule has 1 aromatic rings. The van der Waals surface area contributed by atoms with Crippen LogP contribution in [0.2, 0.25) is 0 Å². The summed E-state index contributed by atoms with van der Waals surface area (Å²) < 4.78 is 1.34. The molecule has 1 saturated heterocycles. The number of carboxylic acid groups (broad SMARTS) is 1. The van der Waals surface area contributed by atoms with Crippen LogP contribution in [0.1, 0.15) is 10.5 Å². The van der Waals surface area contributed by atoms with Crippen molar-refractivity contribution >= 4 is 5.97 Å². The first-order valence-electron chi connectivity index (χ1n) is 5.97. The molecule has 18 heavy (non-hydrogen) atoms. The molecular weight excluding hydrogens is 236 g/mol. The minimum atomic E-state index is -1.15. The van der Waals surface area contributed by atoms with Crippen LogP contribution in [0.5, 0.6) is 5.75 Å². The largest absolute Gasteiger partial charge is 0.504 e. The van der Waals surface area contributed by atoms with E-state index in [1.807, 2.05) is 0 Å². The molecule has 1 aromatic heterocycles. The van der Waals surface area contributed by atoms with Gasteiger partial charge in [0.15, 0.2) is 11.4 Å². The third-order valence-electron chi connectivity index (χ3n) is 3.25. The Hall–Kier alpha value is -1.60. The molecule has 0 atom stereocenters. The first-order chi connectivity index (χ1) is 8.58. The Balaban J connectivity index is 1.92. The Bertz CT molecular complexity index is 424. The van der Waals surface area contributed by atoms with Crippen LogP contribution in [0.25, 0.3) is 0 Å². The Morgan fingerprint density at radius 3 is 2.61 bits per heavy atom. The molecule has 7 heteroatoms. The number of nitrogens with zero attached hydrogens (tertiary/aromatic N) is 4. The zero-order valence-electron chi connectivity index (χ0n) is 10.4. The Labute approximate surface area is 105 Å². The lowest BCUT2D eigenvalue weighted by molar-refractivity contribution is 0.0677. The lowest BCUT2D eigenvalue weighted by Crippen LogP contribution is -2.45. The molecule has 0 aliphatic carbocycles. The quantitative estimate of drug-likeness (QED) is 0.756. The maximum absolute atomic E-state index is 11.0. The van der Waals surface area contributed by atoms with Crippen LogP contribution < -0.4 is 0 Å². The highest BCUT2D eigenvalue weighted by atomic mass is 16.4. The summed E-state index contributed by atoms with van der Waals surface area (Å²) >= 11 is 0. The SMILES string of the molecule is CN1CCN(CCn2ncc(O)c2C(=O)O)CC1. The second-order valence-corrected chi connectivity index (χ2v) is 4.55. The molecule has 0 saturated carbocycles. The van der Waals surface area contributed by atoms with Gasteiger partial charge in [0.2, 0.25) is 0 Å². The molecule has 2 N–H and O–H groups in total. The van der Waals surface area contributed by atoms with E-state index in [1.165, 1.54) is 10.9 Å². The van der Waals surface area contributed by atoms with E-state index in [9.17, 15) is 9.90 Å². The third-order valence-corrected chi connectivity index (χ3v) is 3.25. The van der Waals surface area contributed by atoms with Crippen LogP contribution in [0.3, 0.4) is 0 Å². The van der Waals surface area contributed by atoms with E-state index in [1.54, 1.807) is 0 Å². The van der Waals surface area contributed by atoms with Crippen LogP contribution in [0, 0.1) is 0 Å². The maximum Gasteiger partial charge on any atom is 0.358 e. The maximum atomic E-state index is 11.0. The molecule has 0 radical (unpaired) electrons. The molecule has 0 spiro atoms. The number of aromatic hydroxyl groups is 1. The fourth-order valence-electron chi connectivity index (χ4n) is 2.07. The summed E-state index contributed by atoms with van der Waals surface area (Å²) in [4.78, 5) is 15.5. The normalized spacial score (nSPS) is 18.1. The van der Waals surface area contributed by atoms with Gasteiger partial charge in [0.25, 0.3) is 0 Å². The van der Waals surface area contributed by atoms with Crippen LogP contribution in [0.15, 0.2) is 6.20 Å². The second kappa shape index (κ2) is 5.36. The van der Waals surface area contributed by atoms with Gasteiger partial charge in [-0.05, 0) is 7.05 Å². The number of likely N-dealkylation sites (N-methyl/N-ethyl adjacent to an activating group) is 1. The Morgan fingerprint density at radius 1 is 1.33 bits per heavy atom. The predicted octanol–water partition coefficient (Wildman–Crippen LogP) is -0.466. The van der Waals surface area contributed by atoms with Crippen molar-refractivity contribution in [2.24, 2.45) is 0 Å². The van der Waals surface area contributed by atoms with Crippen molar-refractivity contribution in [2.75, 3.05) is 39.8 Å². The van der Waals surface area contributed by atoms with Crippen LogP contribution in [0.4, 0.5) is 0 Å². The monoisotopic (exact) mass is 254 g/mol. The van der Waals surface area contributed by atoms with Gasteiger partial charge in [-0.15, -0.1) is 0 Å². The van der Waals surface area contributed by atoms with E-state index in [0.717, 1.165) is 32.7 Å². The zero-order valence-corrected chi connectivity index (χ0v) is 10.4. The van der Waals surface area contributed by atoms with Crippen molar-refractivity contribution in [1.29, 1.82) is 0 Å². The number of carbonyl (C=O) groups is 1. The van der Waals surface area contributed by atoms with Crippen molar-refractivity contribution in [1.82, 2.24) is 19.6 Å². The van der Waals surface area contributed by atoms with Gasteiger partial charge in [-0.2, -0.15) is 5.10 Å². The lowest BCUT2D eigenvalue weighted by Gasteiger charge is -2.32. The molecule has 1 aliphatic heterocycles. The number of aromatic nitrogens is 2. The van der Waals surface area contributed by atoms with E-state index in [4.69, 9.17) is 5.11 Å². The number of piperazine rings is 1. The van der Waals surface area contributed by atoms with E-state index in [0.29, 0.717) is 6.54 Å². The summed E-state index contributed by atoms with van der Waals surface area (Å²) in [6.45, 7) is 5.23. The summed E-state index contributed by atoms with van der Waals surface area (Å²) in [7, 11) is 2.09. The average Bonchev–Trinajstić information content (AvgIpc) is 2.70. The fourth-order valence-corrected chi connectivity index (χ4v) is 2.07. The van der Waals surface area contributed by atoms with Crippen LogP contribution in [-0.4, -0.2) is 75.5 Å². The number of hydrogen-bond acceptors (Lipinski definition) is 5. The summed E-state index contributed by atoms with van der Waals surface area (Å²) in [6.07, 6.45) is 1.17. The molecule has 2 rings (SSSR count). The first kappa shape index (κ1) is 12.8. The second-order valence-electron chi connectivity index (χ2n) is 4.55. The highest BCUT2D eigenvalue weighted by Gasteiger charge is 2.19. The van der Waals surface area contributed by atoms with E-state index in [-0.39, 0.29) is 11.4 Å². The topological polar surface area (TPSA) is 81.8 Å². The number of carboxylic acids is 1. The minimum absolute atomic E-state index is 0.135. The summed E-state index contributed by atoms with van der Waals surface area (Å²) in [5.74, 6) is -1.43. The number of hydrogen-bond donors (Lipinski definition) is 2. The zero-order chi connectivity index (χ0) is 13.1. The molecular formula is C11H18N4O3. The van der Waals surface area contributed by atoms with Crippen LogP contribution >= 0.6 is 0 Å². The number of rotatable bonds is 4. The van der Waals surface area contributed by atoms with Gasteiger partial charge in [-0.3, -0.25) is 9.58 Å². The molecule has 2 heterocycles. The van der Waals surface area contributed by atoms with Crippen molar-refractivity contribution in [3.8, 4) is 5.75 Å². The first-order valence-corrected chi connectivity index (χ1v) is 5.97. The molecule has 100 valence electrons. The fraction of sp³-hybridized carbons (Fsp3) is 0.636. The minimum Gasteiger partial charge on any atom is -0.504 e. The predicted molar refractivity (Wildman–Crippen MR) is 64.8 cm³/mol. The van der Waals surface area contributed by atoms with Crippen molar-refractivity contribution in [3.05, 3.63) is 11.9 Å². The molecule has 0 aromatic carbocycles. The smallest absolute Gasteiger partial charge is 0.358 e.